The predicted molar refractivity (Wildman–Crippen MR) is 77.9 cm³/mol. The van der Waals surface area contributed by atoms with E-state index in [0.717, 1.165) is 11.3 Å². The zero-order valence-corrected chi connectivity index (χ0v) is 11.7. The van der Waals surface area contributed by atoms with Crippen LogP contribution in [-0.4, -0.2) is 10.9 Å². The van der Waals surface area contributed by atoms with Crippen LogP contribution in [0.1, 0.15) is 27.3 Å². The number of hydrogen-bond acceptors (Lipinski definition) is 4. The van der Waals surface area contributed by atoms with Gasteiger partial charge < -0.3 is 16.2 Å². The van der Waals surface area contributed by atoms with Gasteiger partial charge in [0, 0.05) is 17.4 Å². The molecule has 4 N–H and O–H groups in total. The van der Waals surface area contributed by atoms with E-state index in [0.29, 0.717) is 28.4 Å². The molecule has 1 aromatic heterocycles. The summed E-state index contributed by atoms with van der Waals surface area (Å²) in [6.07, 6.45) is 0. The number of anilines is 1. The fourth-order valence-electron chi connectivity index (χ4n) is 2.08. The van der Waals surface area contributed by atoms with Crippen LogP contribution in [0.2, 0.25) is 0 Å². The summed E-state index contributed by atoms with van der Waals surface area (Å²) in [5.41, 5.74) is 14.3. The van der Waals surface area contributed by atoms with Gasteiger partial charge in [-0.1, -0.05) is 0 Å². The number of ether oxygens (including phenoxy) is 1. The smallest absolute Gasteiger partial charge is 0.254 e. The minimum absolute atomic E-state index is 0.298. The first-order chi connectivity index (χ1) is 9.38. The predicted octanol–water partition coefficient (Wildman–Crippen LogP) is 2.48. The van der Waals surface area contributed by atoms with Gasteiger partial charge in [-0.2, -0.15) is 0 Å². The standard InChI is InChI=1S/C15H17N3O2/c1-8-6-11(16)4-5-12(8)20-13-7-9(2)18-10(3)14(13)15(17)19/h4-7H,16H2,1-3H3,(H2,17,19). The van der Waals surface area contributed by atoms with Crippen LogP contribution in [0, 0.1) is 20.8 Å². The highest BCUT2D eigenvalue weighted by Crippen LogP contribution is 2.30. The van der Waals surface area contributed by atoms with E-state index in [1.165, 1.54) is 0 Å². The Labute approximate surface area is 117 Å². The minimum atomic E-state index is -0.557. The molecule has 1 heterocycles. The second-order valence-electron chi connectivity index (χ2n) is 4.71. The fraction of sp³-hybridized carbons (Fsp3) is 0.200. The summed E-state index contributed by atoms with van der Waals surface area (Å²) in [6, 6.07) is 7.01. The quantitative estimate of drug-likeness (QED) is 0.839. The molecule has 0 aliphatic rings. The van der Waals surface area contributed by atoms with Gasteiger partial charge in [0.25, 0.3) is 5.91 Å². The van der Waals surface area contributed by atoms with Gasteiger partial charge in [-0.05, 0) is 44.5 Å². The van der Waals surface area contributed by atoms with Crippen molar-refractivity contribution in [3.8, 4) is 11.5 Å². The molecule has 1 aromatic carbocycles. The molecule has 0 saturated heterocycles. The number of nitrogens with two attached hydrogens (primary N) is 2. The molecule has 0 radical (unpaired) electrons. The Bertz CT molecular complexity index is 681. The fourth-order valence-corrected chi connectivity index (χ4v) is 2.08. The van der Waals surface area contributed by atoms with E-state index in [2.05, 4.69) is 4.98 Å². The number of amides is 1. The number of nitrogens with zero attached hydrogens (tertiary/aromatic N) is 1. The summed E-state index contributed by atoms with van der Waals surface area (Å²) in [5, 5.41) is 0. The van der Waals surface area contributed by atoms with E-state index in [4.69, 9.17) is 16.2 Å². The zero-order valence-electron chi connectivity index (χ0n) is 11.7. The van der Waals surface area contributed by atoms with Crippen LogP contribution < -0.4 is 16.2 Å². The second-order valence-corrected chi connectivity index (χ2v) is 4.71. The van der Waals surface area contributed by atoms with Crippen LogP contribution in [0.25, 0.3) is 0 Å². The third kappa shape index (κ3) is 2.71. The zero-order chi connectivity index (χ0) is 14.9. The molecule has 2 aromatic rings. The minimum Gasteiger partial charge on any atom is -0.456 e. The van der Waals surface area contributed by atoms with Crippen LogP contribution in [0.15, 0.2) is 24.3 Å². The Kier molecular flexibility index (Phi) is 3.61. The molecule has 5 heteroatoms. The first-order valence-corrected chi connectivity index (χ1v) is 6.20. The Morgan fingerprint density at radius 1 is 1.15 bits per heavy atom. The molecule has 20 heavy (non-hydrogen) atoms. The second kappa shape index (κ2) is 5.21. The van der Waals surface area contributed by atoms with Crippen LogP contribution in [0.5, 0.6) is 11.5 Å². The van der Waals surface area contributed by atoms with E-state index in [1.807, 2.05) is 13.8 Å². The van der Waals surface area contributed by atoms with E-state index < -0.39 is 5.91 Å². The van der Waals surface area contributed by atoms with Gasteiger partial charge in [-0.25, -0.2) is 0 Å². The Morgan fingerprint density at radius 2 is 1.85 bits per heavy atom. The Balaban J connectivity index is 2.50. The lowest BCUT2D eigenvalue weighted by Gasteiger charge is -2.14. The highest BCUT2D eigenvalue weighted by molar-refractivity contribution is 5.96. The lowest BCUT2D eigenvalue weighted by atomic mass is 10.1. The first-order valence-electron chi connectivity index (χ1n) is 6.20. The number of rotatable bonds is 3. The molecule has 0 unspecified atom stereocenters. The molecule has 1 amide bonds. The van der Waals surface area contributed by atoms with Gasteiger partial charge in [0.05, 0.1) is 5.69 Å². The number of pyridine rings is 1. The third-order valence-electron chi connectivity index (χ3n) is 2.96. The summed E-state index contributed by atoms with van der Waals surface area (Å²) >= 11 is 0. The highest BCUT2D eigenvalue weighted by Gasteiger charge is 2.16. The molecule has 0 atom stereocenters. The molecule has 0 aliphatic heterocycles. The topological polar surface area (TPSA) is 91.2 Å². The third-order valence-corrected chi connectivity index (χ3v) is 2.96. The summed E-state index contributed by atoms with van der Waals surface area (Å²) in [6.45, 7) is 5.45. The summed E-state index contributed by atoms with van der Waals surface area (Å²) < 4.78 is 5.82. The molecule has 0 aliphatic carbocycles. The lowest BCUT2D eigenvalue weighted by molar-refractivity contribution is 0.0997. The first kappa shape index (κ1) is 13.9. The Hall–Kier alpha value is -2.56. The van der Waals surface area contributed by atoms with Crippen molar-refractivity contribution in [3.05, 3.63) is 46.8 Å². The van der Waals surface area contributed by atoms with Crippen LogP contribution in [0.4, 0.5) is 5.69 Å². The summed E-state index contributed by atoms with van der Waals surface area (Å²) in [5.74, 6) is 0.486. The van der Waals surface area contributed by atoms with Crippen molar-refractivity contribution < 1.29 is 9.53 Å². The number of primary amides is 1. The molecule has 0 spiro atoms. The van der Waals surface area contributed by atoms with Gasteiger partial charge in [0.1, 0.15) is 17.1 Å². The number of nitrogen functional groups attached to an aromatic ring is 1. The van der Waals surface area contributed by atoms with Crippen LogP contribution >= 0.6 is 0 Å². The van der Waals surface area contributed by atoms with Gasteiger partial charge in [0.15, 0.2) is 0 Å². The maximum atomic E-state index is 11.6. The van der Waals surface area contributed by atoms with E-state index in [1.54, 1.807) is 31.2 Å². The van der Waals surface area contributed by atoms with Crippen LogP contribution in [0.3, 0.4) is 0 Å². The molecule has 104 valence electrons. The monoisotopic (exact) mass is 271 g/mol. The van der Waals surface area contributed by atoms with Gasteiger partial charge in [-0.3, -0.25) is 9.78 Å². The van der Waals surface area contributed by atoms with Gasteiger partial charge in [-0.15, -0.1) is 0 Å². The van der Waals surface area contributed by atoms with Gasteiger partial charge in [0.2, 0.25) is 0 Å². The van der Waals surface area contributed by atoms with Crippen molar-refractivity contribution in [1.82, 2.24) is 4.98 Å². The number of benzene rings is 1. The molecular formula is C15H17N3O2. The van der Waals surface area contributed by atoms with E-state index in [-0.39, 0.29) is 0 Å². The number of carbonyl (C=O) groups is 1. The lowest BCUT2D eigenvalue weighted by Crippen LogP contribution is -2.15. The molecule has 0 bridgehead atoms. The molecular weight excluding hydrogens is 254 g/mol. The van der Waals surface area contributed by atoms with Crippen molar-refractivity contribution in [2.75, 3.05) is 5.73 Å². The number of aromatic nitrogens is 1. The number of aryl methyl sites for hydroxylation is 3. The van der Waals surface area contributed by atoms with Crippen LogP contribution in [-0.2, 0) is 0 Å². The van der Waals surface area contributed by atoms with Crippen molar-refractivity contribution in [1.29, 1.82) is 0 Å². The molecule has 0 fully saturated rings. The maximum Gasteiger partial charge on any atom is 0.254 e. The number of carbonyl (C=O) groups excluding carboxylic acids is 1. The SMILES string of the molecule is Cc1cc(Oc2ccc(N)cc2C)c(C(N)=O)c(C)n1. The van der Waals surface area contributed by atoms with Crippen molar-refractivity contribution in [2.45, 2.75) is 20.8 Å². The normalized spacial score (nSPS) is 10.3. The largest absolute Gasteiger partial charge is 0.456 e. The maximum absolute atomic E-state index is 11.6. The summed E-state index contributed by atoms with van der Waals surface area (Å²) in [4.78, 5) is 15.8. The Morgan fingerprint density at radius 3 is 2.45 bits per heavy atom. The van der Waals surface area contributed by atoms with Crippen molar-refractivity contribution >= 4 is 11.6 Å². The average molecular weight is 271 g/mol. The van der Waals surface area contributed by atoms with Crippen molar-refractivity contribution in [2.24, 2.45) is 5.73 Å². The summed E-state index contributed by atoms with van der Waals surface area (Å²) in [7, 11) is 0. The highest BCUT2D eigenvalue weighted by atomic mass is 16.5. The molecule has 2 rings (SSSR count). The molecule has 0 saturated carbocycles. The molecule has 5 nitrogen and oxygen atoms in total. The number of hydrogen-bond donors (Lipinski definition) is 2. The van der Waals surface area contributed by atoms with E-state index in [9.17, 15) is 4.79 Å². The van der Waals surface area contributed by atoms with Crippen molar-refractivity contribution in [3.63, 3.8) is 0 Å². The average Bonchev–Trinajstić information content (AvgIpc) is 2.31. The van der Waals surface area contributed by atoms with Gasteiger partial charge >= 0.3 is 0 Å². The van der Waals surface area contributed by atoms with E-state index >= 15 is 0 Å².